The minimum Gasteiger partial charge on any atom is -0.453 e. The van der Waals surface area contributed by atoms with E-state index >= 15 is 8.78 Å². The number of carbonyl (C=O) groups is 2. The molecule has 0 spiro atoms. The van der Waals surface area contributed by atoms with E-state index in [2.05, 4.69) is 31.7 Å². The summed E-state index contributed by atoms with van der Waals surface area (Å²) in [6.07, 6.45) is -0.274. The number of halogens is 2. The molecule has 3 aliphatic heterocycles. The Labute approximate surface area is 239 Å². The molecule has 0 bridgehead atoms. The summed E-state index contributed by atoms with van der Waals surface area (Å²) < 4.78 is 35.0. The summed E-state index contributed by atoms with van der Waals surface area (Å²) in [5, 5.41) is 9.50. The molecule has 5 rings (SSSR count). The average molecular weight is 572 g/mol. The molecular formula is C29H39F2N7O3. The van der Waals surface area contributed by atoms with Crippen LogP contribution in [0.2, 0.25) is 0 Å². The minimum atomic E-state index is -0.562. The summed E-state index contributed by atoms with van der Waals surface area (Å²) in [6, 6.07) is 9.86. The van der Waals surface area contributed by atoms with Gasteiger partial charge in [-0.3, -0.25) is 10.2 Å². The van der Waals surface area contributed by atoms with Crippen molar-refractivity contribution in [1.29, 1.82) is 0 Å². The highest BCUT2D eigenvalue weighted by Gasteiger charge is 2.42. The largest absolute Gasteiger partial charge is 0.453 e. The second-order valence-corrected chi connectivity index (χ2v) is 11.2. The smallest absolute Gasteiger partial charge is 0.409 e. The number of fused-ring (bicyclic) bond motifs is 1. The van der Waals surface area contributed by atoms with Crippen LogP contribution in [-0.2, 0) is 11.3 Å². The lowest BCUT2D eigenvalue weighted by Gasteiger charge is -2.35. The van der Waals surface area contributed by atoms with Gasteiger partial charge in [0.2, 0.25) is 0 Å². The molecular weight excluding hydrogens is 532 g/mol. The molecule has 5 N–H and O–H groups in total. The molecule has 0 radical (unpaired) electrons. The fourth-order valence-corrected chi connectivity index (χ4v) is 5.85. The van der Waals surface area contributed by atoms with Gasteiger partial charge < -0.3 is 30.5 Å². The van der Waals surface area contributed by atoms with Crippen LogP contribution in [-0.4, -0.2) is 75.0 Å². The Morgan fingerprint density at radius 1 is 1.05 bits per heavy atom. The van der Waals surface area contributed by atoms with E-state index in [0.717, 1.165) is 5.69 Å². The van der Waals surface area contributed by atoms with Crippen molar-refractivity contribution in [2.75, 3.05) is 44.7 Å². The number of hydrogen-bond acceptors (Lipinski definition) is 8. The second kappa shape index (κ2) is 12.7. The summed E-state index contributed by atoms with van der Waals surface area (Å²) in [6.45, 7) is 7.35. The first-order valence-electron chi connectivity index (χ1n) is 14.2. The van der Waals surface area contributed by atoms with Gasteiger partial charge in [0.1, 0.15) is 11.6 Å². The van der Waals surface area contributed by atoms with Gasteiger partial charge in [-0.1, -0.05) is 13.8 Å². The van der Waals surface area contributed by atoms with Crippen molar-refractivity contribution in [3.05, 3.63) is 64.7 Å². The van der Waals surface area contributed by atoms with Crippen LogP contribution < -0.4 is 31.7 Å². The maximum absolute atomic E-state index is 15.1. The Kier molecular flexibility index (Phi) is 9.03. The minimum absolute atomic E-state index is 0.00298. The zero-order chi connectivity index (χ0) is 29.1. The van der Waals surface area contributed by atoms with Gasteiger partial charge >= 0.3 is 6.09 Å². The third kappa shape index (κ3) is 6.61. The number of piperidine rings is 1. The van der Waals surface area contributed by atoms with E-state index in [9.17, 15) is 9.59 Å². The molecule has 222 valence electrons. The maximum Gasteiger partial charge on any atom is 0.409 e. The van der Waals surface area contributed by atoms with Crippen molar-refractivity contribution in [2.24, 2.45) is 5.92 Å². The second-order valence-electron chi connectivity index (χ2n) is 11.2. The van der Waals surface area contributed by atoms with Crippen molar-refractivity contribution in [1.82, 2.24) is 31.7 Å². The van der Waals surface area contributed by atoms with Crippen molar-refractivity contribution in [3.63, 3.8) is 0 Å². The van der Waals surface area contributed by atoms with Gasteiger partial charge in [0.15, 0.2) is 0 Å². The molecule has 4 atom stereocenters. The van der Waals surface area contributed by atoms with Gasteiger partial charge in [-0.15, -0.1) is 0 Å². The number of hydrogen-bond donors (Lipinski definition) is 5. The molecule has 4 unspecified atom stereocenters. The van der Waals surface area contributed by atoms with Gasteiger partial charge in [0.05, 0.1) is 13.3 Å². The van der Waals surface area contributed by atoms with Gasteiger partial charge in [-0.05, 0) is 48.4 Å². The summed E-state index contributed by atoms with van der Waals surface area (Å²) >= 11 is 0. The zero-order valence-electron chi connectivity index (χ0n) is 23.7. The molecule has 3 aliphatic rings. The standard InChI is InChI=1S/C29H39F2N7O3/c1-17(2)32-15-18-12-22(30)26(23(31)13-18)24-14-21-25(16-33-24)35-36-27(21)34-28(39)19-4-6-20(7-5-19)37-8-10-38(11-9-37)29(40)41-3/h4-7,12-13,17,21,24-25,27,32-33,35-36H,8-11,14-16H2,1-3H3,(H,34,39). The topological polar surface area (TPSA) is 110 Å². The number of nitrogens with zero attached hydrogens (tertiary/aromatic N) is 2. The van der Waals surface area contributed by atoms with Gasteiger partial charge in [-0.2, -0.15) is 0 Å². The Morgan fingerprint density at radius 2 is 1.73 bits per heavy atom. The van der Waals surface area contributed by atoms with Crippen molar-refractivity contribution >= 4 is 17.7 Å². The van der Waals surface area contributed by atoms with E-state index in [-0.39, 0.29) is 35.6 Å². The molecule has 2 aromatic carbocycles. The van der Waals surface area contributed by atoms with E-state index < -0.39 is 23.8 Å². The van der Waals surface area contributed by atoms with Crippen LogP contribution in [0.5, 0.6) is 0 Å². The number of hydrazine groups is 1. The number of ether oxygens (including phenoxy) is 1. The van der Waals surface area contributed by atoms with Crippen LogP contribution >= 0.6 is 0 Å². The predicted molar refractivity (Wildman–Crippen MR) is 151 cm³/mol. The summed E-state index contributed by atoms with van der Waals surface area (Å²) in [5.41, 5.74) is 8.45. The Balaban J connectivity index is 1.19. The SMILES string of the molecule is COC(=O)N1CCN(c2ccc(C(=O)NC3NNC4CNC(c5c(F)cc(CNC(C)C)cc5F)CC43)cc2)CC1. The van der Waals surface area contributed by atoms with Crippen LogP contribution in [0.3, 0.4) is 0 Å². The molecule has 3 saturated heterocycles. The van der Waals surface area contributed by atoms with Crippen molar-refractivity contribution in [3.8, 4) is 0 Å². The third-order valence-corrected chi connectivity index (χ3v) is 8.16. The van der Waals surface area contributed by atoms with Crippen molar-refractivity contribution in [2.45, 2.75) is 51.1 Å². The van der Waals surface area contributed by atoms with Crippen LogP contribution in [0.15, 0.2) is 36.4 Å². The summed E-state index contributed by atoms with van der Waals surface area (Å²) in [5.74, 6) is -1.43. The number of methoxy groups -OCH3 is 1. The molecule has 41 heavy (non-hydrogen) atoms. The van der Waals surface area contributed by atoms with E-state index in [1.807, 2.05) is 26.0 Å². The lowest BCUT2D eigenvalue weighted by atomic mass is 9.84. The fraction of sp³-hybridized carbons (Fsp3) is 0.517. The highest BCUT2D eigenvalue weighted by atomic mass is 19.1. The number of piperazine rings is 1. The number of anilines is 1. The molecule has 0 saturated carbocycles. The first-order valence-corrected chi connectivity index (χ1v) is 14.2. The maximum atomic E-state index is 15.1. The number of amides is 2. The lowest BCUT2D eigenvalue weighted by Crippen LogP contribution is -2.50. The van der Waals surface area contributed by atoms with E-state index in [1.54, 1.807) is 17.0 Å². The van der Waals surface area contributed by atoms with Crippen LogP contribution in [0.4, 0.5) is 19.3 Å². The Morgan fingerprint density at radius 3 is 2.37 bits per heavy atom. The third-order valence-electron chi connectivity index (χ3n) is 8.16. The molecule has 3 fully saturated rings. The molecule has 2 amide bonds. The predicted octanol–water partition coefficient (Wildman–Crippen LogP) is 2.23. The first-order chi connectivity index (χ1) is 19.7. The highest BCUT2D eigenvalue weighted by Crippen LogP contribution is 2.34. The average Bonchev–Trinajstić information content (AvgIpc) is 3.37. The Hall–Kier alpha value is -3.32. The zero-order valence-corrected chi connectivity index (χ0v) is 23.7. The van der Waals surface area contributed by atoms with Gasteiger partial charge in [0.25, 0.3) is 5.91 Å². The number of rotatable bonds is 7. The molecule has 3 heterocycles. The lowest BCUT2D eigenvalue weighted by molar-refractivity contribution is 0.0913. The van der Waals surface area contributed by atoms with Crippen LogP contribution in [0.25, 0.3) is 0 Å². The van der Waals surface area contributed by atoms with Crippen LogP contribution in [0, 0.1) is 17.6 Å². The number of carbonyl (C=O) groups excluding carboxylic acids is 2. The molecule has 0 aromatic heterocycles. The van der Waals surface area contributed by atoms with E-state index in [4.69, 9.17) is 4.74 Å². The fourth-order valence-electron chi connectivity index (χ4n) is 5.85. The molecule has 2 aromatic rings. The molecule has 12 heteroatoms. The van der Waals surface area contributed by atoms with E-state index in [0.29, 0.717) is 56.8 Å². The number of benzene rings is 2. The van der Waals surface area contributed by atoms with Crippen molar-refractivity contribution < 1.29 is 23.1 Å². The van der Waals surface area contributed by atoms with Crippen LogP contribution in [0.1, 0.15) is 47.8 Å². The molecule has 10 nitrogen and oxygen atoms in total. The summed E-state index contributed by atoms with van der Waals surface area (Å²) in [4.78, 5) is 28.7. The van der Waals surface area contributed by atoms with Gasteiger partial charge in [-0.25, -0.2) is 19.0 Å². The Bertz CT molecular complexity index is 1210. The van der Waals surface area contributed by atoms with Gasteiger partial charge in [0, 0.05) is 80.1 Å². The normalized spacial score (nSPS) is 24.3. The number of nitrogens with one attached hydrogen (secondary N) is 5. The first kappa shape index (κ1) is 29.2. The molecule has 0 aliphatic carbocycles. The van der Waals surface area contributed by atoms with E-state index in [1.165, 1.54) is 19.2 Å². The summed E-state index contributed by atoms with van der Waals surface area (Å²) in [7, 11) is 1.38. The highest BCUT2D eigenvalue weighted by molar-refractivity contribution is 5.94. The quantitative estimate of drug-likeness (QED) is 0.344. The monoisotopic (exact) mass is 571 g/mol.